The van der Waals surface area contributed by atoms with Crippen LogP contribution < -0.4 is 41.5 Å². The van der Waals surface area contributed by atoms with Crippen LogP contribution in [0.2, 0.25) is 0 Å². The minimum Gasteiger partial charge on any atom is -0.309 e. The molecule has 2 heterocycles. The van der Waals surface area contributed by atoms with Crippen molar-refractivity contribution in [3.8, 4) is 22.5 Å². The number of benzene rings is 12. The third kappa shape index (κ3) is 7.06. The highest BCUT2D eigenvalue weighted by molar-refractivity contribution is 7.21. The number of aromatic nitrogens is 2. The van der Waals surface area contributed by atoms with E-state index in [0.717, 1.165) is 11.4 Å². The van der Waals surface area contributed by atoms with E-state index in [9.17, 15) is 0 Å². The number of para-hydroxylation sites is 2. The molecule has 12 aromatic carbocycles. The molecule has 0 N–H and O–H groups in total. The van der Waals surface area contributed by atoms with E-state index in [0.29, 0.717) is 0 Å². The van der Waals surface area contributed by atoms with Gasteiger partial charge in [-0.3, -0.25) is 0 Å². The zero-order valence-corrected chi connectivity index (χ0v) is 43.9. The van der Waals surface area contributed by atoms with Crippen molar-refractivity contribution in [3.05, 3.63) is 315 Å². The van der Waals surface area contributed by atoms with Gasteiger partial charge >= 0.3 is 0 Å². The molecule has 14 aromatic rings. The summed E-state index contributed by atoms with van der Waals surface area (Å²) in [6.45, 7) is 0. The van der Waals surface area contributed by atoms with Crippen molar-refractivity contribution in [2.75, 3.05) is 0 Å². The largest absolute Gasteiger partial charge is 0.309 e. The zero-order chi connectivity index (χ0) is 50.5. The predicted octanol–water partition coefficient (Wildman–Crippen LogP) is 12.3. The van der Waals surface area contributed by atoms with Gasteiger partial charge in [0.15, 0.2) is 16.1 Å². The van der Waals surface area contributed by atoms with Crippen LogP contribution in [0, 0.1) is 0 Å². The molecule has 0 amide bonds. The molecule has 0 aliphatic carbocycles. The summed E-state index contributed by atoms with van der Waals surface area (Å²) in [6.07, 6.45) is 0. The second-order valence-electron chi connectivity index (χ2n) is 19.9. The van der Waals surface area contributed by atoms with Crippen molar-refractivity contribution in [1.29, 1.82) is 0 Å². The van der Waals surface area contributed by atoms with Gasteiger partial charge in [0.05, 0.1) is 27.8 Å². The van der Waals surface area contributed by atoms with Crippen LogP contribution in [0.5, 0.6) is 0 Å². The van der Waals surface area contributed by atoms with Crippen molar-refractivity contribution in [1.82, 2.24) is 9.13 Å². The Balaban J connectivity index is 1.01. The lowest BCUT2D eigenvalue weighted by Crippen LogP contribution is -2.74. The van der Waals surface area contributed by atoms with Gasteiger partial charge in [-0.1, -0.05) is 273 Å². The molecule has 14 rings (SSSR count). The second kappa shape index (κ2) is 18.9. The lowest BCUT2D eigenvalue weighted by Gasteiger charge is -2.35. The Labute approximate surface area is 445 Å². The third-order valence-corrected chi connectivity index (χ3v) is 25.6. The standard InChI is InChI=1S/C72H52N2Si2/c1-7-26-53(27-8-1)54-28-23-39-62(52-54)76(59-35-15-5-16-36-59,60-37-17-6-18-38-60)70-47-25-46-69-72(70)64-41-20-22-43-66(64)74(69)68-45-24-44-67-71(68)63-40-19-21-42-65(63)73(67)55-48-50-61(51-49-55)75(56-29-9-2-10-30-56,57-31-11-3-12-32-57)58-33-13-4-14-34-58/h1-52H. The van der Waals surface area contributed by atoms with Gasteiger partial charge in [0.25, 0.3) is 0 Å². The van der Waals surface area contributed by atoms with E-state index in [1.165, 1.54) is 96.2 Å². The van der Waals surface area contributed by atoms with Gasteiger partial charge in [0.1, 0.15) is 0 Å². The number of nitrogens with zero attached hydrogens (tertiary/aromatic N) is 2. The first-order chi connectivity index (χ1) is 37.7. The van der Waals surface area contributed by atoms with E-state index in [1.54, 1.807) is 0 Å². The molecule has 2 aromatic heterocycles. The summed E-state index contributed by atoms with van der Waals surface area (Å²) in [5.74, 6) is 0. The van der Waals surface area contributed by atoms with Crippen molar-refractivity contribution in [2.45, 2.75) is 0 Å². The molecule has 2 nitrogen and oxygen atoms in total. The molecule has 0 fully saturated rings. The van der Waals surface area contributed by atoms with Crippen LogP contribution in [0.1, 0.15) is 0 Å². The molecule has 0 saturated carbocycles. The van der Waals surface area contributed by atoms with Crippen LogP contribution in [-0.4, -0.2) is 25.3 Å². The van der Waals surface area contributed by atoms with Crippen LogP contribution in [0.3, 0.4) is 0 Å². The van der Waals surface area contributed by atoms with Crippen LogP contribution in [0.4, 0.5) is 0 Å². The average molecular weight is 1000 g/mol. The van der Waals surface area contributed by atoms with Gasteiger partial charge in [-0.15, -0.1) is 0 Å². The van der Waals surface area contributed by atoms with Crippen molar-refractivity contribution < 1.29 is 0 Å². The highest BCUT2D eigenvalue weighted by atomic mass is 28.3. The highest BCUT2D eigenvalue weighted by Crippen LogP contribution is 2.40. The van der Waals surface area contributed by atoms with E-state index in [-0.39, 0.29) is 0 Å². The van der Waals surface area contributed by atoms with Gasteiger partial charge in [-0.25, -0.2) is 0 Å². The first kappa shape index (κ1) is 45.3. The molecule has 358 valence electrons. The van der Waals surface area contributed by atoms with Gasteiger partial charge in [-0.2, -0.15) is 0 Å². The van der Waals surface area contributed by atoms with Crippen molar-refractivity contribution in [3.63, 3.8) is 0 Å². The van der Waals surface area contributed by atoms with E-state index in [2.05, 4.69) is 325 Å². The fourth-order valence-electron chi connectivity index (χ4n) is 12.9. The molecule has 4 heteroatoms. The molecule has 0 atom stereocenters. The van der Waals surface area contributed by atoms with E-state index in [1.807, 2.05) is 0 Å². The van der Waals surface area contributed by atoms with E-state index >= 15 is 0 Å². The van der Waals surface area contributed by atoms with Gasteiger partial charge in [-0.05, 0) is 95.1 Å². The summed E-state index contributed by atoms with van der Waals surface area (Å²) in [5.41, 5.74) is 9.45. The molecule has 0 spiro atoms. The Bertz CT molecular complexity index is 4230. The monoisotopic (exact) mass is 1000 g/mol. The normalized spacial score (nSPS) is 11.9. The first-order valence-electron chi connectivity index (χ1n) is 26.3. The SMILES string of the molecule is c1ccc(-c2cccc([Si](c3ccccc3)(c3ccccc3)c3cccc4c3c3ccccc3n4-c3cccc4c3c3ccccc3n4-c3ccc([Si](c4ccccc4)(c4ccccc4)c4ccccc4)cc3)c2)cc1. The van der Waals surface area contributed by atoms with Gasteiger partial charge in [0, 0.05) is 27.2 Å². The summed E-state index contributed by atoms with van der Waals surface area (Å²) in [7, 11) is -5.79. The molecule has 0 aliphatic heterocycles. The molecular weight excluding hydrogens is 949 g/mol. The van der Waals surface area contributed by atoms with Crippen LogP contribution in [0.15, 0.2) is 315 Å². The quantitative estimate of drug-likeness (QED) is 0.0903. The number of rotatable bonds is 11. The topological polar surface area (TPSA) is 9.86 Å². The average Bonchev–Trinajstić information content (AvgIpc) is 4.05. The minimum atomic E-state index is -3.07. The maximum absolute atomic E-state index is 3.07. The molecule has 0 saturated heterocycles. The Hall–Kier alpha value is -9.33. The fourth-order valence-corrected chi connectivity index (χ4v) is 22.7. The summed E-state index contributed by atoms with van der Waals surface area (Å²) in [4.78, 5) is 0. The van der Waals surface area contributed by atoms with E-state index < -0.39 is 16.1 Å². The molecule has 0 unspecified atom stereocenters. The minimum absolute atomic E-state index is 1.13. The second-order valence-corrected chi connectivity index (χ2v) is 27.5. The smallest absolute Gasteiger partial charge is 0.180 e. The van der Waals surface area contributed by atoms with Crippen molar-refractivity contribution in [2.24, 2.45) is 0 Å². The number of fused-ring (bicyclic) bond motifs is 6. The lowest BCUT2D eigenvalue weighted by atomic mass is 10.1. The molecule has 0 radical (unpaired) electrons. The predicted molar refractivity (Wildman–Crippen MR) is 328 cm³/mol. The highest BCUT2D eigenvalue weighted by Gasteiger charge is 2.44. The first-order valence-corrected chi connectivity index (χ1v) is 30.3. The van der Waals surface area contributed by atoms with Crippen molar-refractivity contribution >= 4 is 101 Å². The summed E-state index contributed by atoms with van der Waals surface area (Å²) in [6, 6.07) is 118. The molecule has 76 heavy (non-hydrogen) atoms. The van der Waals surface area contributed by atoms with Gasteiger partial charge < -0.3 is 9.13 Å². The number of hydrogen-bond donors (Lipinski definition) is 0. The van der Waals surface area contributed by atoms with Crippen LogP contribution >= 0.6 is 0 Å². The lowest BCUT2D eigenvalue weighted by molar-refractivity contribution is 1.17. The Kier molecular flexibility index (Phi) is 11.2. The molecular formula is C72H52N2Si2. The third-order valence-electron chi connectivity index (χ3n) is 16.0. The van der Waals surface area contributed by atoms with Crippen LogP contribution in [-0.2, 0) is 0 Å². The maximum atomic E-state index is 2.56. The Morgan fingerprint density at radius 2 is 0.592 bits per heavy atom. The summed E-state index contributed by atoms with van der Waals surface area (Å²) in [5, 5.41) is 15.8. The summed E-state index contributed by atoms with van der Waals surface area (Å²) < 4.78 is 5.04. The fraction of sp³-hybridized carbons (Fsp3) is 0. The van der Waals surface area contributed by atoms with Crippen LogP contribution in [0.25, 0.3) is 66.1 Å². The molecule has 0 aliphatic rings. The number of hydrogen-bond acceptors (Lipinski definition) is 0. The van der Waals surface area contributed by atoms with Gasteiger partial charge in [0.2, 0.25) is 0 Å². The summed E-state index contributed by atoms with van der Waals surface area (Å²) >= 11 is 0. The Morgan fingerprint density at radius 3 is 1.13 bits per heavy atom. The Morgan fingerprint density at radius 1 is 0.224 bits per heavy atom. The molecule has 0 bridgehead atoms. The zero-order valence-electron chi connectivity index (χ0n) is 41.9. The van der Waals surface area contributed by atoms with E-state index in [4.69, 9.17) is 0 Å². The maximum Gasteiger partial charge on any atom is 0.180 e.